The molecule has 0 amide bonds. The lowest BCUT2D eigenvalue weighted by atomic mass is 10.0. The fourth-order valence-corrected chi connectivity index (χ4v) is 2.77. The van der Waals surface area contributed by atoms with Gasteiger partial charge in [0.25, 0.3) is 0 Å². The maximum absolute atomic E-state index is 6.19. The summed E-state index contributed by atoms with van der Waals surface area (Å²) in [5, 5.41) is 5.22. The molecule has 1 aromatic carbocycles. The zero-order chi connectivity index (χ0) is 14.7. The predicted molar refractivity (Wildman–Crippen MR) is 90.6 cm³/mol. The van der Waals surface area contributed by atoms with Crippen molar-refractivity contribution in [2.75, 3.05) is 0 Å². The molecule has 3 N–H and O–H groups in total. The maximum atomic E-state index is 6.19. The maximum Gasteiger partial charge on any atom is 0.0596 e. The first-order valence-electron chi connectivity index (χ1n) is 6.49. The molecule has 1 unspecified atom stereocenters. The van der Waals surface area contributed by atoms with Gasteiger partial charge in [0.15, 0.2) is 0 Å². The summed E-state index contributed by atoms with van der Waals surface area (Å²) in [7, 11) is 0. The molecule has 0 bridgehead atoms. The van der Waals surface area contributed by atoms with Gasteiger partial charge in [-0.25, -0.2) is 0 Å². The molecule has 0 aliphatic heterocycles. The minimum absolute atomic E-state index is 0.0194. The molecule has 0 spiro atoms. The molecule has 6 heteroatoms. The van der Waals surface area contributed by atoms with E-state index in [1.807, 2.05) is 23.7 Å². The van der Waals surface area contributed by atoms with E-state index >= 15 is 0 Å². The second-order valence-electron chi connectivity index (χ2n) is 4.69. The number of nitrogens with two attached hydrogens (primary N) is 1. The number of nitrogens with zero attached hydrogens (tertiary/aromatic N) is 2. The van der Waals surface area contributed by atoms with E-state index in [1.165, 1.54) is 5.69 Å². The summed E-state index contributed by atoms with van der Waals surface area (Å²) in [4.78, 5) is 0. The Morgan fingerprint density at radius 3 is 2.80 bits per heavy atom. The zero-order valence-electron chi connectivity index (χ0n) is 11.5. The van der Waals surface area contributed by atoms with Gasteiger partial charge in [-0.05, 0) is 60.2 Å². The second kappa shape index (κ2) is 6.89. The summed E-state index contributed by atoms with van der Waals surface area (Å²) >= 11 is 8.40. The van der Waals surface area contributed by atoms with Crippen LogP contribution in [-0.2, 0) is 13.0 Å². The lowest BCUT2D eigenvalue weighted by Gasteiger charge is -2.17. The molecule has 108 valence electrons. The molecule has 1 aromatic heterocycles. The number of hydrogen-bond donors (Lipinski definition) is 2. The van der Waals surface area contributed by atoms with Crippen LogP contribution < -0.4 is 11.3 Å². The molecular formula is C14H18ClIN4. The molecule has 0 saturated carbocycles. The number of hydrazine groups is 1. The number of nitrogens with one attached hydrogen (secondary N) is 1. The van der Waals surface area contributed by atoms with Crippen molar-refractivity contribution in [2.45, 2.75) is 32.9 Å². The number of aromatic nitrogens is 2. The molecule has 0 radical (unpaired) electrons. The van der Waals surface area contributed by atoms with Crippen molar-refractivity contribution in [2.24, 2.45) is 5.84 Å². The lowest BCUT2D eigenvalue weighted by molar-refractivity contribution is 0.517. The molecule has 0 saturated heterocycles. The van der Waals surface area contributed by atoms with Crippen molar-refractivity contribution < 1.29 is 0 Å². The van der Waals surface area contributed by atoms with E-state index in [0.717, 1.165) is 32.8 Å². The van der Waals surface area contributed by atoms with Crippen LogP contribution in [0, 0.1) is 10.5 Å². The summed E-state index contributed by atoms with van der Waals surface area (Å²) in [5.41, 5.74) is 6.15. The fourth-order valence-electron chi connectivity index (χ4n) is 2.25. The average molecular weight is 405 g/mol. The first-order chi connectivity index (χ1) is 9.55. The van der Waals surface area contributed by atoms with Crippen LogP contribution in [0.15, 0.2) is 24.3 Å². The van der Waals surface area contributed by atoms with Crippen molar-refractivity contribution in [3.63, 3.8) is 0 Å². The summed E-state index contributed by atoms with van der Waals surface area (Å²) in [6, 6.07) is 8.14. The molecule has 1 heterocycles. The Balaban J connectivity index is 2.26. The van der Waals surface area contributed by atoms with Gasteiger partial charge in [0.05, 0.1) is 16.8 Å². The molecular weight excluding hydrogens is 387 g/mol. The summed E-state index contributed by atoms with van der Waals surface area (Å²) < 4.78 is 3.05. The quantitative estimate of drug-likeness (QED) is 0.457. The third-order valence-electron chi connectivity index (χ3n) is 3.25. The highest BCUT2D eigenvalue weighted by Crippen LogP contribution is 2.25. The molecule has 2 aromatic rings. The SMILES string of the molecule is CCn1nc(C)cc1CC(NN)c1ccc(I)c(Cl)c1. The van der Waals surface area contributed by atoms with Crippen LogP contribution in [0.3, 0.4) is 0 Å². The Labute approximate surface area is 137 Å². The third-order valence-corrected chi connectivity index (χ3v) is 4.82. The van der Waals surface area contributed by atoms with Gasteiger partial charge in [-0.3, -0.25) is 16.0 Å². The number of hydrogen-bond acceptors (Lipinski definition) is 3. The lowest BCUT2D eigenvalue weighted by Crippen LogP contribution is -2.30. The summed E-state index contributed by atoms with van der Waals surface area (Å²) in [6.07, 6.45) is 0.780. The van der Waals surface area contributed by atoms with Crippen LogP contribution >= 0.6 is 34.2 Å². The Morgan fingerprint density at radius 2 is 2.20 bits per heavy atom. The highest BCUT2D eigenvalue weighted by atomic mass is 127. The normalized spacial score (nSPS) is 12.7. The Kier molecular flexibility index (Phi) is 5.42. The molecule has 2 rings (SSSR count). The summed E-state index contributed by atoms with van der Waals surface area (Å²) in [6.45, 7) is 4.94. The van der Waals surface area contributed by atoms with E-state index in [4.69, 9.17) is 17.4 Å². The standard InChI is InChI=1S/C14H18ClIN4/c1-3-20-11(6-9(2)19-20)8-14(18-17)10-4-5-13(16)12(15)7-10/h4-7,14,18H,3,8,17H2,1-2H3. The van der Waals surface area contributed by atoms with Crippen LogP contribution in [0.2, 0.25) is 5.02 Å². The van der Waals surface area contributed by atoms with Crippen molar-refractivity contribution in [1.82, 2.24) is 15.2 Å². The number of rotatable bonds is 5. The van der Waals surface area contributed by atoms with Gasteiger partial charge in [-0.15, -0.1) is 0 Å². The van der Waals surface area contributed by atoms with Crippen LogP contribution in [0.1, 0.15) is 29.9 Å². The second-order valence-corrected chi connectivity index (χ2v) is 6.26. The van der Waals surface area contributed by atoms with Crippen molar-refractivity contribution in [3.8, 4) is 0 Å². The van der Waals surface area contributed by atoms with Crippen LogP contribution in [-0.4, -0.2) is 9.78 Å². The van der Waals surface area contributed by atoms with Crippen LogP contribution in [0.5, 0.6) is 0 Å². The number of halogens is 2. The van der Waals surface area contributed by atoms with Gasteiger partial charge in [0, 0.05) is 22.2 Å². The van der Waals surface area contributed by atoms with Gasteiger partial charge < -0.3 is 0 Å². The van der Waals surface area contributed by atoms with Crippen molar-refractivity contribution in [1.29, 1.82) is 0 Å². The zero-order valence-corrected chi connectivity index (χ0v) is 14.4. The largest absolute Gasteiger partial charge is 0.271 e. The topological polar surface area (TPSA) is 55.9 Å². The van der Waals surface area contributed by atoms with Gasteiger partial charge in [0.1, 0.15) is 0 Å². The highest BCUT2D eigenvalue weighted by molar-refractivity contribution is 14.1. The molecule has 0 aliphatic rings. The van der Waals surface area contributed by atoms with E-state index in [2.05, 4.69) is 52.2 Å². The minimum Gasteiger partial charge on any atom is -0.271 e. The van der Waals surface area contributed by atoms with Gasteiger partial charge in [0.2, 0.25) is 0 Å². The first-order valence-corrected chi connectivity index (χ1v) is 7.95. The van der Waals surface area contributed by atoms with Gasteiger partial charge in [-0.1, -0.05) is 17.7 Å². The molecule has 1 atom stereocenters. The van der Waals surface area contributed by atoms with E-state index in [0.29, 0.717) is 0 Å². The van der Waals surface area contributed by atoms with Gasteiger partial charge in [-0.2, -0.15) is 5.10 Å². The summed E-state index contributed by atoms with van der Waals surface area (Å²) in [5.74, 6) is 5.71. The van der Waals surface area contributed by atoms with E-state index in [1.54, 1.807) is 0 Å². The number of aryl methyl sites for hydroxylation is 2. The van der Waals surface area contributed by atoms with E-state index < -0.39 is 0 Å². The monoisotopic (exact) mass is 404 g/mol. The fraction of sp³-hybridized carbons (Fsp3) is 0.357. The smallest absolute Gasteiger partial charge is 0.0596 e. The Hall–Kier alpha value is -0.630. The van der Waals surface area contributed by atoms with Gasteiger partial charge >= 0.3 is 0 Å². The van der Waals surface area contributed by atoms with Crippen molar-refractivity contribution in [3.05, 3.63) is 49.8 Å². The van der Waals surface area contributed by atoms with E-state index in [-0.39, 0.29) is 6.04 Å². The van der Waals surface area contributed by atoms with E-state index in [9.17, 15) is 0 Å². The molecule has 4 nitrogen and oxygen atoms in total. The van der Waals surface area contributed by atoms with Crippen LogP contribution in [0.4, 0.5) is 0 Å². The number of benzene rings is 1. The molecule has 0 fully saturated rings. The third kappa shape index (κ3) is 3.52. The first kappa shape index (κ1) is 15.8. The van der Waals surface area contributed by atoms with Crippen molar-refractivity contribution >= 4 is 34.2 Å². The Bertz CT molecular complexity index is 597. The minimum atomic E-state index is 0.0194. The Morgan fingerprint density at radius 1 is 1.45 bits per heavy atom. The highest BCUT2D eigenvalue weighted by Gasteiger charge is 2.15. The predicted octanol–water partition coefficient (Wildman–Crippen LogP) is 3.22. The molecule has 0 aliphatic carbocycles. The van der Waals surface area contributed by atoms with Crippen LogP contribution in [0.25, 0.3) is 0 Å². The molecule has 20 heavy (non-hydrogen) atoms. The average Bonchev–Trinajstić information content (AvgIpc) is 2.79.